The number of aliphatic hydroxyl groups is 3. The molecule has 3 N–H and O–H groups in total. The van der Waals surface area contributed by atoms with Crippen molar-refractivity contribution in [2.75, 3.05) is 7.11 Å². The summed E-state index contributed by atoms with van der Waals surface area (Å²) in [5.74, 6) is 0.412. The molecule has 5 atom stereocenters. The van der Waals surface area contributed by atoms with E-state index in [0.717, 1.165) is 12.8 Å². The Bertz CT molecular complexity index is 1040. The lowest BCUT2D eigenvalue weighted by molar-refractivity contribution is -0.0848. The fourth-order valence-corrected chi connectivity index (χ4v) is 4.08. The molecule has 3 aromatic rings. The molecule has 0 bridgehead atoms. The molecule has 28 heavy (non-hydrogen) atoms. The van der Waals surface area contributed by atoms with E-state index < -0.39 is 30.6 Å². The van der Waals surface area contributed by atoms with Gasteiger partial charge in [-0.2, -0.15) is 0 Å². The minimum Gasteiger partial charge on any atom is -0.480 e. The van der Waals surface area contributed by atoms with Crippen molar-refractivity contribution in [2.24, 2.45) is 0 Å². The van der Waals surface area contributed by atoms with E-state index in [4.69, 9.17) is 9.47 Å². The second kappa shape index (κ2) is 6.52. The molecule has 1 unspecified atom stereocenters. The molecule has 0 saturated carbocycles. The third-order valence-corrected chi connectivity index (χ3v) is 5.76. The lowest BCUT2D eigenvalue weighted by atomic mass is 9.85. The normalized spacial score (nSPS) is 27.4. The van der Waals surface area contributed by atoms with Crippen LogP contribution in [0, 0.1) is 0 Å². The summed E-state index contributed by atoms with van der Waals surface area (Å²) < 4.78 is 12.8. The lowest BCUT2D eigenvalue weighted by Crippen LogP contribution is -2.35. The summed E-state index contributed by atoms with van der Waals surface area (Å²) in [5, 5.41) is 32.6. The van der Waals surface area contributed by atoms with Gasteiger partial charge < -0.3 is 29.4 Å². The van der Waals surface area contributed by atoms with E-state index in [1.165, 1.54) is 24.6 Å². The quantitative estimate of drug-likeness (QED) is 0.614. The molecule has 2 aliphatic rings. The highest BCUT2D eigenvalue weighted by Gasteiger charge is 2.47. The summed E-state index contributed by atoms with van der Waals surface area (Å²) in [6.45, 7) is 0. The third-order valence-electron chi connectivity index (χ3n) is 5.76. The largest absolute Gasteiger partial charge is 0.480 e. The van der Waals surface area contributed by atoms with Gasteiger partial charge in [0, 0.05) is 6.20 Å². The van der Waals surface area contributed by atoms with Crippen LogP contribution in [0.25, 0.3) is 11.0 Å². The zero-order chi connectivity index (χ0) is 19.4. The first-order chi connectivity index (χ1) is 13.6. The highest BCUT2D eigenvalue weighted by molar-refractivity contribution is 5.81. The van der Waals surface area contributed by atoms with E-state index in [-0.39, 0.29) is 0 Å². The zero-order valence-electron chi connectivity index (χ0n) is 15.3. The Morgan fingerprint density at radius 2 is 1.96 bits per heavy atom. The fraction of sp³-hybridized carbons (Fsp3) is 0.400. The molecule has 1 aliphatic carbocycles. The number of nitrogens with zero attached hydrogens (tertiary/aromatic N) is 3. The van der Waals surface area contributed by atoms with Crippen LogP contribution in [0.4, 0.5) is 0 Å². The van der Waals surface area contributed by atoms with E-state index in [1.807, 2.05) is 18.2 Å². The van der Waals surface area contributed by atoms with Crippen LogP contribution in [0.2, 0.25) is 0 Å². The maximum atomic E-state index is 10.8. The number of hydrogen-bond acceptors (Lipinski definition) is 7. The fourth-order valence-electron chi connectivity index (χ4n) is 4.08. The molecule has 2 aromatic heterocycles. The topological polar surface area (TPSA) is 110 Å². The van der Waals surface area contributed by atoms with E-state index in [9.17, 15) is 15.3 Å². The summed E-state index contributed by atoms with van der Waals surface area (Å²) in [6, 6.07) is 7.55. The number of hydrogen-bond donors (Lipinski definition) is 3. The summed E-state index contributed by atoms with van der Waals surface area (Å²) in [5.41, 5.74) is 3.69. The summed E-state index contributed by atoms with van der Waals surface area (Å²) in [6.07, 6.45) is -0.252. The molecule has 0 radical (unpaired) electrons. The van der Waals surface area contributed by atoms with Crippen LogP contribution < -0.4 is 4.74 Å². The van der Waals surface area contributed by atoms with Crippen molar-refractivity contribution < 1.29 is 24.8 Å². The number of rotatable bonds is 4. The van der Waals surface area contributed by atoms with Crippen LogP contribution in [0.1, 0.15) is 29.0 Å². The Hall–Kier alpha value is -2.52. The molecule has 5 rings (SSSR count). The molecule has 8 nitrogen and oxygen atoms in total. The molecule has 1 fully saturated rings. The van der Waals surface area contributed by atoms with Crippen LogP contribution in [-0.4, -0.2) is 55.3 Å². The van der Waals surface area contributed by atoms with Gasteiger partial charge in [0.25, 0.3) is 0 Å². The number of aromatic nitrogens is 3. The third kappa shape index (κ3) is 2.53. The monoisotopic (exact) mass is 383 g/mol. The predicted molar refractivity (Wildman–Crippen MR) is 98.8 cm³/mol. The first-order valence-electron chi connectivity index (χ1n) is 9.25. The average molecular weight is 383 g/mol. The van der Waals surface area contributed by atoms with Crippen molar-refractivity contribution in [3.8, 4) is 5.88 Å². The first-order valence-corrected chi connectivity index (χ1v) is 9.25. The van der Waals surface area contributed by atoms with Gasteiger partial charge in [-0.1, -0.05) is 18.2 Å². The van der Waals surface area contributed by atoms with Gasteiger partial charge in [-0.3, -0.25) is 0 Å². The highest BCUT2D eigenvalue weighted by Crippen LogP contribution is 2.39. The second-order valence-electron chi connectivity index (χ2n) is 7.29. The van der Waals surface area contributed by atoms with Gasteiger partial charge >= 0.3 is 0 Å². The Morgan fingerprint density at radius 1 is 1.14 bits per heavy atom. The van der Waals surface area contributed by atoms with Crippen molar-refractivity contribution in [3.05, 3.63) is 53.5 Å². The molecule has 1 aliphatic heterocycles. The molecule has 8 heteroatoms. The molecular formula is C20H21N3O5. The van der Waals surface area contributed by atoms with Crippen molar-refractivity contribution in [2.45, 2.75) is 43.5 Å². The highest BCUT2D eigenvalue weighted by atomic mass is 16.6. The van der Waals surface area contributed by atoms with Gasteiger partial charge in [0.2, 0.25) is 5.88 Å². The summed E-state index contributed by atoms with van der Waals surface area (Å²) in [4.78, 5) is 8.31. The smallest absolute Gasteiger partial charge is 0.225 e. The minimum absolute atomic E-state index is 0.412. The number of aliphatic hydroxyl groups excluding tert-OH is 3. The number of fused-ring (bicyclic) bond motifs is 2. The summed E-state index contributed by atoms with van der Waals surface area (Å²) in [7, 11) is 1.52. The van der Waals surface area contributed by atoms with Gasteiger partial charge in [-0.15, -0.1) is 0 Å². The Kier molecular flexibility index (Phi) is 4.09. The van der Waals surface area contributed by atoms with Crippen molar-refractivity contribution >= 4 is 11.0 Å². The van der Waals surface area contributed by atoms with Gasteiger partial charge in [0.1, 0.15) is 36.4 Å². The van der Waals surface area contributed by atoms with Gasteiger partial charge in [-0.05, 0) is 35.6 Å². The van der Waals surface area contributed by atoms with E-state index in [1.54, 1.807) is 16.8 Å². The maximum Gasteiger partial charge on any atom is 0.225 e. The Morgan fingerprint density at radius 3 is 2.68 bits per heavy atom. The number of ether oxygens (including phenoxy) is 2. The van der Waals surface area contributed by atoms with Gasteiger partial charge in [0.05, 0.1) is 12.5 Å². The van der Waals surface area contributed by atoms with E-state index >= 15 is 0 Å². The van der Waals surface area contributed by atoms with Crippen molar-refractivity contribution in [1.29, 1.82) is 0 Å². The average Bonchev–Trinajstić information content (AvgIpc) is 3.24. The standard InChI is InChI=1S/C20H21N3O5/c1-27-19-13-6-7-23(18(13)21-9-22-19)20-16(26)15(25)17(28-20)14(24)12-5-3-10-2-4-11(10)8-12/h3,5-9,14-17,20,24-26H,2,4H2,1H3/t14?,15-,16+,17+,20+/m0/s1. The predicted octanol–water partition coefficient (Wildman–Crippen LogP) is 0.891. The minimum atomic E-state index is -1.24. The van der Waals surface area contributed by atoms with Crippen LogP contribution in [-0.2, 0) is 17.6 Å². The molecule has 0 spiro atoms. The van der Waals surface area contributed by atoms with E-state index in [0.29, 0.717) is 22.5 Å². The summed E-state index contributed by atoms with van der Waals surface area (Å²) >= 11 is 0. The number of benzene rings is 1. The van der Waals surface area contributed by atoms with Crippen LogP contribution in [0.15, 0.2) is 36.8 Å². The molecule has 1 saturated heterocycles. The van der Waals surface area contributed by atoms with Crippen LogP contribution >= 0.6 is 0 Å². The number of methoxy groups -OCH3 is 1. The zero-order valence-corrected chi connectivity index (χ0v) is 15.3. The van der Waals surface area contributed by atoms with Gasteiger partial charge in [0.15, 0.2) is 6.23 Å². The van der Waals surface area contributed by atoms with Gasteiger partial charge in [-0.25, -0.2) is 9.97 Å². The van der Waals surface area contributed by atoms with Crippen molar-refractivity contribution in [3.63, 3.8) is 0 Å². The Labute approximate surface area is 161 Å². The molecule has 0 amide bonds. The molecular weight excluding hydrogens is 362 g/mol. The van der Waals surface area contributed by atoms with Crippen LogP contribution in [0.5, 0.6) is 5.88 Å². The van der Waals surface area contributed by atoms with Crippen molar-refractivity contribution in [1.82, 2.24) is 14.5 Å². The maximum absolute atomic E-state index is 10.8. The molecule has 3 heterocycles. The molecule has 1 aromatic carbocycles. The lowest BCUT2D eigenvalue weighted by Gasteiger charge is -2.25. The Balaban J connectivity index is 1.46. The second-order valence-corrected chi connectivity index (χ2v) is 7.29. The number of aryl methyl sites for hydroxylation is 2. The molecule has 146 valence electrons. The van der Waals surface area contributed by atoms with E-state index in [2.05, 4.69) is 9.97 Å². The SMILES string of the molecule is COc1ncnc2c1ccn2[C@@H]1O[C@H](C(O)c2ccc3c(c2)CC3)[C@@H](O)[C@H]1O. The van der Waals surface area contributed by atoms with Crippen LogP contribution in [0.3, 0.4) is 0 Å². The first kappa shape index (κ1) is 17.6.